The first-order valence-corrected chi connectivity index (χ1v) is 5.95. The Balaban J connectivity index is 2.95. The van der Waals surface area contributed by atoms with Crippen molar-refractivity contribution < 1.29 is 0 Å². The van der Waals surface area contributed by atoms with Gasteiger partial charge in [0.1, 0.15) is 0 Å². The van der Waals surface area contributed by atoms with Crippen molar-refractivity contribution in [2.45, 2.75) is 32.4 Å². The van der Waals surface area contributed by atoms with Crippen molar-refractivity contribution >= 4 is 11.6 Å². The Labute approximate surface area is 103 Å². The normalized spacial score (nSPS) is 14.2. The molecule has 1 aromatic carbocycles. The molecule has 90 valence electrons. The SMILES string of the molecule is CC(c1ccccc1Cl)N(C)C(C)(C)CN. The molecular weight excluding hydrogens is 220 g/mol. The highest BCUT2D eigenvalue weighted by Gasteiger charge is 2.27. The van der Waals surface area contributed by atoms with E-state index in [4.69, 9.17) is 17.3 Å². The zero-order valence-electron chi connectivity index (χ0n) is 10.5. The Bertz CT molecular complexity index is 350. The maximum Gasteiger partial charge on any atom is 0.0453 e. The van der Waals surface area contributed by atoms with E-state index in [2.05, 4.69) is 38.8 Å². The topological polar surface area (TPSA) is 29.3 Å². The zero-order chi connectivity index (χ0) is 12.3. The third-order valence-electron chi connectivity index (χ3n) is 3.39. The van der Waals surface area contributed by atoms with Gasteiger partial charge in [0.05, 0.1) is 0 Å². The third kappa shape index (κ3) is 2.76. The zero-order valence-corrected chi connectivity index (χ0v) is 11.3. The van der Waals surface area contributed by atoms with Gasteiger partial charge in [0, 0.05) is 23.1 Å². The quantitative estimate of drug-likeness (QED) is 0.877. The van der Waals surface area contributed by atoms with E-state index in [0.717, 1.165) is 10.6 Å². The van der Waals surface area contributed by atoms with Gasteiger partial charge in [-0.15, -0.1) is 0 Å². The van der Waals surface area contributed by atoms with Crippen LogP contribution in [0.15, 0.2) is 24.3 Å². The summed E-state index contributed by atoms with van der Waals surface area (Å²) in [6.45, 7) is 7.05. The van der Waals surface area contributed by atoms with Gasteiger partial charge < -0.3 is 5.73 Å². The Hall–Kier alpha value is -0.570. The van der Waals surface area contributed by atoms with Gasteiger partial charge in [-0.05, 0) is 39.4 Å². The van der Waals surface area contributed by atoms with Gasteiger partial charge in [-0.3, -0.25) is 4.90 Å². The van der Waals surface area contributed by atoms with Crippen LogP contribution in [0, 0.1) is 0 Å². The summed E-state index contributed by atoms with van der Waals surface area (Å²) in [6.07, 6.45) is 0. The van der Waals surface area contributed by atoms with E-state index in [9.17, 15) is 0 Å². The fourth-order valence-corrected chi connectivity index (χ4v) is 1.98. The molecule has 1 unspecified atom stereocenters. The fourth-order valence-electron chi connectivity index (χ4n) is 1.69. The molecule has 2 nitrogen and oxygen atoms in total. The first-order valence-electron chi connectivity index (χ1n) is 5.57. The highest BCUT2D eigenvalue weighted by Crippen LogP contribution is 2.30. The lowest BCUT2D eigenvalue weighted by atomic mass is 9.98. The molecule has 2 N–H and O–H groups in total. The molecule has 0 aliphatic heterocycles. The lowest BCUT2D eigenvalue weighted by Gasteiger charge is -2.39. The van der Waals surface area contributed by atoms with Crippen LogP contribution in [0.1, 0.15) is 32.4 Å². The predicted octanol–water partition coefficient (Wildman–Crippen LogP) is 3.07. The molecule has 0 amide bonds. The maximum atomic E-state index is 6.20. The summed E-state index contributed by atoms with van der Waals surface area (Å²) in [7, 11) is 2.08. The first kappa shape index (κ1) is 13.5. The summed E-state index contributed by atoms with van der Waals surface area (Å²) in [4.78, 5) is 2.26. The Morgan fingerprint density at radius 1 is 1.38 bits per heavy atom. The summed E-state index contributed by atoms with van der Waals surface area (Å²) in [6, 6.07) is 8.22. The first-order chi connectivity index (χ1) is 7.40. The number of halogens is 1. The number of rotatable bonds is 4. The summed E-state index contributed by atoms with van der Waals surface area (Å²) in [5.74, 6) is 0. The highest BCUT2D eigenvalue weighted by molar-refractivity contribution is 6.31. The molecule has 0 heterocycles. The fraction of sp³-hybridized carbons (Fsp3) is 0.538. The molecule has 0 spiro atoms. The van der Waals surface area contributed by atoms with E-state index < -0.39 is 0 Å². The number of nitrogens with zero attached hydrogens (tertiary/aromatic N) is 1. The molecule has 1 aromatic rings. The van der Waals surface area contributed by atoms with E-state index >= 15 is 0 Å². The molecule has 0 bridgehead atoms. The Kier molecular flexibility index (Phi) is 4.36. The molecule has 0 radical (unpaired) electrons. The van der Waals surface area contributed by atoms with Crippen LogP contribution >= 0.6 is 11.6 Å². The molecule has 0 aliphatic rings. The average molecular weight is 241 g/mol. The van der Waals surface area contributed by atoms with Crippen LogP contribution in [0.4, 0.5) is 0 Å². The second-order valence-corrected chi connectivity index (χ2v) is 5.23. The van der Waals surface area contributed by atoms with Crippen molar-refractivity contribution in [1.82, 2.24) is 4.90 Å². The van der Waals surface area contributed by atoms with Gasteiger partial charge in [-0.2, -0.15) is 0 Å². The lowest BCUT2D eigenvalue weighted by molar-refractivity contribution is 0.117. The summed E-state index contributed by atoms with van der Waals surface area (Å²) in [5.41, 5.74) is 6.90. The molecule has 1 atom stereocenters. The average Bonchev–Trinajstić information content (AvgIpc) is 2.27. The van der Waals surface area contributed by atoms with Gasteiger partial charge in [0.15, 0.2) is 0 Å². The van der Waals surface area contributed by atoms with Crippen LogP contribution in [0.2, 0.25) is 5.02 Å². The van der Waals surface area contributed by atoms with E-state index in [1.165, 1.54) is 0 Å². The van der Waals surface area contributed by atoms with Gasteiger partial charge in [0.2, 0.25) is 0 Å². The molecule has 3 heteroatoms. The molecule has 1 rings (SSSR count). The van der Waals surface area contributed by atoms with Crippen LogP contribution in [0.25, 0.3) is 0 Å². The third-order valence-corrected chi connectivity index (χ3v) is 3.73. The summed E-state index contributed by atoms with van der Waals surface area (Å²) < 4.78 is 0. The van der Waals surface area contributed by atoms with Crippen molar-refractivity contribution in [3.63, 3.8) is 0 Å². The van der Waals surface area contributed by atoms with E-state index in [0.29, 0.717) is 6.54 Å². The van der Waals surface area contributed by atoms with E-state index in [1.807, 2.05) is 18.2 Å². The van der Waals surface area contributed by atoms with Crippen molar-refractivity contribution in [3.8, 4) is 0 Å². The number of likely N-dealkylation sites (N-methyl/N-ethyl adjacent to an activating group) is 1. The Morgan fingerprint density at radius 3 is 2.44 bits per heavy atom. The highest BCUT2D eigenvalue weighted by atomic mass is 35.5. The van der Waals surface area contributed by atoms with Crippen LogP contribution in [0.3, 0.4) is 0 Å². The van der Waals surface area contributed by atoms with Crippen molar-refractivity contribution in [3.05, 3.63) is 34.9 Å². The summed E-state index contributed by atoms with van der Waals surface area (Å²) >= 11 is 6.20. The van der Waals surface area contributed by atoms with Gasteiger partial charge in [-0.1, -0.05) is 29.8 Å². The molecule has 0 aromatic heterocycles. The molecule has 0 saturated heterocycles. The van der Waals surface area contributed by atoms with Gasteiger partial charge in [-0.25, -0.2) is 0 Å². The van der Waals surface area contributed by atoms with Crippen molar-refractivity contribution in [1.29, 1.82) is 0 Å². The maximum absolute atomic E-state index is 6.20. The standard InChI is InChI=1S/C13H21ClN2/c1-10(16(4)13(2,3)9-15)11-7-5-6-8-12(11)14/h5-8,10H,9,15H2,1-4H3. The molecule has 0 fully saturated rings. The van der Waals surface area contributed by atoms with Crippen molar-refractivity contribution in [2.75, 3.05) is 13.6 Å². The van der Waals surface area contributed by atoms with Crippen LogP contribution < -0.4 is 5.73 Å². The van der Waals surface area contributed by atoms with E-state index in [1.54, 1.807) is 0 Å². The molecular formula is C13H21ClN2. The number of hydrogen-bond donors (Lipinski definition) is 1. The minimum Gasteiger partial charge on any atom is -0.329 e. The summed E-state index contributed by atoms with van der Waals surface area (Å²) in [5, 5.41) is 0.815. The Morgan fingerprint density at radius 2 is 1.94 bits per heavy atom. The van der Waals surface area contributed by atoms with Crippen molar-refractivity contribution in [2.24, 2.45) is 5.73 Å². The second-order valence-electron chi connectivity index (χ2n) is 4.82. The number of hydrogen-bond acceptors (Lipinski definition) is 2. The van der Waals surface area contributed by atoms with Gasteiger partial charge >= 0.3 is 0 Å². The van der Waals surface area contributed by atoms with Crippen LogP contribution in [0.5, 0.6) is 0 Å². The van der Waals surface area contributed by atoms with Crippen LogP contribution in [-0.2, 0) is 0 Å². The minimum absolute atomic E-state index is 0.0292. The monoisotopic (exact) mass is 240 g/mol. The van der Waals surface area contributed by atoms with Gasteiger partial charge in [0.25, 0.3) is 0 Å². The molecule has 16 heavy (non-hydrogen) atoms. The number of nitrogens with two attached hydrogens (primary N) is 1. The predicted molar refractivity (Wildman–Crippen MR) is 70.8 cm³/mol. The largest absolute Gasteiger partial charge is 0.329 e. The minimum atomic E-state index is -0.0292. The molecule has 0 saturated carbocycles. The van der Waals surface area contributed by atoms with E-state index in [-0.39, 0.29) is 11.6 Å². The number of benzene rings is 1. The smallest absolute Gasteiger partial charge is 0.0453 e. The lowest BCUT2D eigenvalue weighted by Crippen LogP contribution is -2.48. The van der Waals surface area contributed by atoms with Crippen LogP contribution in [-0.4, -0.2) is 24.0 Å². The second kappa shape index (κ2) is 5.17. The molecule has 0 aliphatic carbocycles.